The Morgan fingerprint density at radius 2 is 1.83 bits per heavy atom. The van der Waals surface area contributed by atoms with Crippen LogP contribution in [0.1, 0.15) is 16.7 Å². The monoisotopic (exact) mass is 381 g/mol. The van der Waals surface area contributed by atoms with E-state index in [1.165, 1.54) is 10.9 Å². The fraction of sp³-hybridized carbons (Fsp3) is 0.174. The predicted molar refractivity (Wildman–Crippen MR) is 114 cm³/mol. The number of aromatic amines is 1. The molecule has 0 radical (unpaired) electrons. The van der Waals surface area contributed by atoms with E-state index in [1.807, 2.05) is 12.1 Å². The summed E-state index contributed by atoms with van der Waals surface area (Å²) in [7, 11) is 0. The quantitative estimate of drug-likeness (QED) is 0.479. The van der Waals surface area contributed by atoms with Crippen molar-refractivity contribution in [3.63, 3.8) is 0 Å². The highest BCUT2D eigenvalue weighted by Crippen LogP contribution is 2.33. The van der Waals surface area contributed by atoms with E-state index in [2.05, 4.69) is 54.3 Å². The second-order valence-corrected chi connectivity index (χ2v) is 7.81. The summed E-state index contributed by atoms with van der Waals surface area (Å²) in [6.45, 7) is 4.74. The fourth-order valence-electron chi connectivity index (χ4n) is 4.54. The molecule has 6 heteroatoms. The summed E-state index contributed by atoms with van der Waals surface area (Å²) < 4.78 is 3.54. The Labute approximate surface area is 166 Å². The maximum absolute atomic E-state index is 13.2. The largest absolute Gasteiger partial charge is 0.352 e. The molecule has 0 unspecified atom stereocenters. The second kappa shape index (κ2) is 5.67. The number of hydrogen-bond donors (Lipinski definition) is 1. The van der Waals surface area contributed by atoms with Gasteiger partial charge in [-0.15, -0.1) is 0 Å². The number of aromatic nitrogens is 5. The smallest absolute Gasteiger partial charge is 0.264 e. The molecule has 0 aliphatic carbocycles. The van der Waals surface area contributed by atoms with Crippen LogP contribution in [0.4, 0.5) is 0 Å². The second-order valence-electron chi connectivity index (χ2n) is 7.81. The number of para-hydroxylation sites is 1. The van der Waals surface area contributed by atoms with Crippen LogP contribution < -0.4 is 5.56 Å². The molecule has 29 heavy (non-hydrogen) atoms. The molecule has 0 atom stereocenters. The SMILES string of the molecule is Cc1cc(C)cc(-n2ncc3c(=O)n4c(nc32)-c2[nH]c3ccccc3c2CC4)c1. The van der Waals surface area contributed by atoms with Crippen molar-refractivity contribution in [1.82, 2.24) is 24.3 Å². The summed E-state index contributed by atoms with van der Waals surface area (Å²) in [4.78, 5) is 21.7. The predicted octanol–water partition coefficient (Wildman–Crippen LogP) is 3.90. The van der Waals surface area contributed by atoms with Gasteiger partial charge >= 0.3 is 0 Å². The highest BCUT2D eigenvalue weighted by atomic mass is 16.1. The Bertz CT molecular complexity index is 1480. The maximum atomic E-state index is 13.2. The number of nitrogens with one attached hydrogen (secondary N) is 1. The average Bonchev–Trinajstić information content (AvgIpc) is 3.29. The first-order valence-corrected chi connectivity index (χ1v) is 9.77. The zero-order valence-electron chi connectivity index (χ0n) is 16.2. The van der Waals surface area contributed by atoms with Crippen LogP contribution in [0, 0.1) is 13.8 Å². The summed E-state index contributed by atoms with van der Waals surface area (Å²) in [6, 6.07) is 14.5. The van der Waals surface area contributed by atoms with Crippen LogP contribution in [0.2, 0.25) is 0 Å². The van der Waals surface area contributed by atoms with E-state index >= 15 is 0 Å². The Morgan fingerprint density at radius 1 is 1.03 bits per heavy atom. The zero-order valence-corrected chi connectivity index (χ0v) is 16.2. The Balaban J connectivity index is 1.67. The normalized spacial score (nSPS) is 13.0. The number of nitrogens with zero attached hydrogens (tertiary/aromatic N) is 4. The van der Waals surface area contributed by atoms with Gasteiger partial charge in [-0.3, -0.25) is 9.36 Å². The molecule has 5 aromatic rings. The van der Waals surface area contributed by atoms with E-state index in [-0.39, 0.29) is 5.56 Å². The van der Waals surface area contributed by atoms with Gasteiger partial charge in [0.1, 0.15) is 5.39 Å². The van der Waals surface area contributed by atoms with E-state index < -0.39 is 0 Å². The van der Waals surface area contributed by atoms with E-state index in [1.54, 1.807) is 15.4 Å². The number of rotatable bonds is 1. The van der Waals surface area contributed by atoms with Crippen molar-refractivity contribution in [3.05, 3.63) is 75.7 Å². The molecule has 6 nitrogen and oxygen atoms in total. The van der Waals surface area contributed by atoms with Crippen molar-refractivity contribution in [1.29, 1.82) is 0 Å². The summed E-state index contributed by atoms with van der Waals surface area (Å²) in [5.41, 5.74) is 7.01. The van der Waals surface area contributed by atoms with Gasteiger partial charge in [-0.1, -0.05) is 24.3 Å². The molecule has 0 bridgehead atoms. The topological polar surface area (TPSA) is 68.5 Å². The lowest BCUT2D eigenvalue weighted by atomic mass is 10.0. The van der Waals surface area contributed by atoms with E-state index in [9.17, 15) is 4.79 Å². The number of aryl methyl sites for hydroxylation is 3. The van der Waals surface area contributed by atoms with Crippen LogP contribution in [0.5, 0.6) is 0 Å². The van der Waals surface area contributed by atoms with Crippen LogP contribution in [-0.4, -0.2) is 24.3 Å². The molecule has 1 aliphatic heterocycles. The van der Waals surface area contributed by atoms with Gasteiger partial charge in [-0.2, -0.15) is 5.10 Å². The Kier molecular flexibility index (Phi) is 3.19. The first-order valence-electron chi connectivity index (χ1n) is 9.77. The molecule has 0 amide bonds. The first kappa shape index (κ1) is 16.3. The number of H-pyrrole nitrogens is 1. The number of benzene rings is 2. The van der Waals surface area contributed by atoms with Gasteiger partial charge in [0.05, 0.1) is 17.6 Å². The minimum Gasteiger partial charge on any atom is -0.352 e. The summed E-state index contributed by atoms with van der Waals surface area (Å²) in [5.74, 6) is 0.686. The molecule has 0 saturated heterocycles. The molecule has 1 aliphatic rings. The number of fused-ring (bicyclic) bond motifs is 6. The number of hydrogen-bond acceptors (Lipinski definition) is 3. The molecule has 142 valence electrons. The highest BCUT2D eigenvalue weighted by Gasteiger charge is 2.25. The molecule has 6 rings (SSSR count). The van der Waals surface area contributed by atoms with E-state index in [0.717, 1.165) is 34.4 Å². The molecular weight excluding hydrogens is 362 g/mol. The molecular formula is C23H19N5O. The maximum Gasteiger partial charge on any atom is 0.264 e. The van der Waals surface area contributed by atoms with Gasteiger partial charge < -0.3 is 4.98 Å². The van der Waals surface area contributed by atoms with Crippen molar-refractivity contribution in [2.24, 2.45) is 0 Å². The molecule has 0 fully saturated rings. The van der Waals surface area contributed by atoms with Gasteiger partial charge in [0.25, 0.3) is 5.56 Å². The third-order valence-corrected chi connectivity index (χ3v) is 5.76. The van der Waals surface area contributed by atoms with Gasteiger partial charge in [0.15, 0.2) is 11.5 Å². The van der Waals surface area contributed by atoms with Gasteiger partial charge in [0.2, 0.25) is 0 Å². The van der Waals surface area contributed by atoms with Crippen molar-refractivity contribution < 1.29 is 0 Å². The lowest BCUT2D eigenvalue weighted by Gasteiger charge is -2.18. The Hall–Kier alpha value is -3.67. The third-order valence-electron chi connectivity index (χ3n) is 5.76. The third kappa shape index (κ3) is 2.26. The summed E-state index contributed by atoms with van der Waals surface area (Å²) >= 11 is 0. The summed E-state index contributed by atoms with van der Waals surface area (Å²) in [6.07, 6.45) is 2.45. The summed E-state index contributed by atoms with van der Waals surface area (Å²) in [5, 5.41) is 6.26. The highest BCUT2D eigenvalue weighted by molar-refractivity contribution is 5.91. The van der Waals surface area contributed by atoms with Crippen LogP contribution in [0.15, 0.2) is 53.5 Å². The van der Waals surface area contributed by atoms with Crippen molar-refractivity contribution in [2.45, 2.75) is 26.8 Å². The lowest BCUT2D eigenvalue weighted by molar-refractivity contribution is 0.652. The van der Waals surface area contributed by atoms with Crippen molar-refractivity contribution in [3.8, 4) is 17.2 Å². The standard InChI is InChI=1S/C23H19N5O/c1-13-9-14(2)11-15(10-13)28-21-18(12-24-28)23(29)27-8-7-17-16-5-3-4-6-19(16)25-20(17)22(27)26-21/h3-6,9-12,25H,7-8H2,1-2H3. The van der Waals surface area contributed by atoms with Crippen LogP contribution in [0.3, 0.4) is 0 Å². The van der Waals surface area contributed by atoms with E-state index in [4.69, 9.17) is 4.98 Å². The Morgan fingerprint density at radius 3 is 2.66 bits per heavy atom. The average molecular weight is 381 g/mol. The molecule has 2 aromatic carbocycles. The van der Waals surface area contributed by atoms with Gasteiger partial charge in [-0.05, 0) is 55.2 Å². The first-order chi connectivity index (χ1) is 14.1. The molecule has 4 heterocycles. The minimum absolute atomic E-state index is 0.0371. The van der Waals surface area contributed by atoms with Crippen LogP contribution in [-0.2, 0) is 13.0 Å². The molecule has 0 spiro atoms. The molecule has 0 saturated carbocycles. The van der Waals surface area contributed by atoms with E-state index in [0.29, 0.717) is 23.4 Å². The minimum atomic E-state index is -0.0371. The van der Waals surface area contributed by atoms with Crippen LogP contribution in [0.25, 0.3) is 39.1 Å². The lowest BCUT2D eigenvalue weighted by Crippen LogP contribution is -2.27. The fourth-order valence-corrected chi connectivity index (χ4v) is 4.54. The van der Waals surface area contributed by atoms with Gasteiger partial charge in [0, 0.05) is 17.4 Å². The molecule has 3 aromatic heterocycles. The van der Waals surface area contributed by atoms with Gasteiger partial charge in [-0.25, -0.2) is 9.67 Å². The van der Waals surface area contributed by atoms with Crippen molar-refractivity contribution in [2.75, 3.05) is 0 Å². The zero-order chi connectivity index (χ0) is 19.7. The van der Waals surface area contributed by atoms with Crippen LogP contribution >= 0.6 is 0 Å². The molecule has 1 N–H and O–H groups in total. The van der Waals surface area contributed by atoms with Crippen molar-refractivity contribution >= 4 is 21.9 Å².